The van der Waals surface area contributed by atoms with Gasteiger partial charge in [0.1, 0.15) is 0 Å². The van der Waals surface area contributed by atoms with Gasteiger partial charge in [0.05, 0.1) is 13.2 Å². The van der Waals surface area contributed by atoms with E-state index in [0.29, 0.717) is 19.7 Å². The van der Waals surface area contributed by atoms with E-state index in [1.54, 1.807) is 7.11 Å². The summed E-state index contributed by atoms with van der Waals surface area (Å²) in [6, 6.07) is 10.3. The number of carbonyl (C=O) groups excluding carboxylic acids is 1. The SMILES string of the molecule is COCCNCC(=O)NC(C)Cc1ccccc1. The van der Waals surface area contributed by atoms with Gasteiger partial charge in [-0.15, -0.1) is 0 Å². The Bertz CT molecular complexity index is 341. The molecule has 1 atom stereocenters. The first-order chi connectivity index (χ1) is 8.72. The van der Waals surface area contributed by atoms with Gasteiger partial charge in [0.15, 0.2) is 0 Å². The average molecular weight is 250 g/mol. The minimum atomic E-state index is 0.0227. The van der Waals surface area contributed by atoms with Gasteiger partial charge in [-0.25, -0.2) is 0 Å². The number of hydrogen-bond acceptors (Lipinski definition) is 3. The second-order valence-corrected chi connectivity index (χ2v) is 4.33. The first kappa shape index (κ1) is 14.7. The quantitative estimate of drug-likeness (QED) is 0.676. The molecular formula is C14H22N2O2. The highest BCUT2D eigenvalue weighted by molar-refractivity contribution is 5.78. The van der Waals surface area contributed by atoms with Crippen molar-refractivity contribution in [1.82, 2.24) is 10.6 Å². The monoisotopic (exact) mass is 250 g/mol. The van der Waals surface area contributed by atoms with Crippen LogP contribution in [-0.2, 0) is 16.0 Å². The van der Waals surface area contributed by atoms with E-state index in [9.17, 15) is 4.79 Å². The number of carbonyl (C=O) groups is 1. The van der Waals surface area contributed by atoms with Gasteiger partial charge in [-0.1, -0.05) is 30.3 Å². The standard InChI is InChI=1S/C14H22N2O2/c1-12(10-13-6-4-3-5-7-13)16-14(17)11-15-8-9-18-2/h3-7,12,15H,8-11H2,1-2H3,(H,16,17). The molecule has 0 aliphatic carbocycles. The Morgan fingerprint density at radius 1 is 1.33 bits per heavy atom. The van der Waals surface area contributed by atoms with Crippen LogP contribution >= 0.6 is 0 Å². The number of hydrogen-bond donors (Lipinski definition) is 2. The number of nitrogens with one attached hydrogen (secondary N) is 2. The zero-order valence-electron chi connectivity index (χ0n) is 11.1. The largest absolute Gasteiger partial charge is 0.383 e. The van der Waals surface area contributed by atoms with Crippen molar-refractivity contribution in [3.8, 4) is 0 Å². The fourth-order valence-corrected chi connectivity index (χ4v) is 1.72. The molecule has 1 rings (SSSR count). The Hall–Kier alpha value is -1.39. The summed E-state index contributed by atoms with van der Waals surface area (Å²) in [7, 11) is 1.64. The van der Waals surface area contributed by atoms with Crippen LogP contribution in [0, 0.1) is 0 Å². The van der Waals surface area contributed by atoms with E-state index in [0.717, 1.165) is 6.42 Å². The summed E-state index contributed by atoms with van der Waals surface area (Å²) in [6.07, 6.45) is 0.852. The van der Waals surface area contributed by atoms with Crippen molar-refractivity contribution in [2.45, 2.75) is 19.4 Å². The Balaban J connectivity index is 2.19. The lowest BCUT2D eigenvalue weighted by molar-refractivity contribution is -0.120. The van der Waals surface area contributed by atoms with Crippen molar-refractivity contribution in [2.75, 3.05) is 26.8 Å². The number of amides is 1. The van der Waals surface area contributed by atoms with Crippen molar-refractivity contribution in [3.05, 3.63) is 35.9 Å². The summed E-state index contributed by atoms with van der Waals surface area (Å²) >= 11 is 0. The summed E-state index contributed by atoms with van der Waals surface area (Å²) < 4.78 is 4.89. The first-order valence-corrected chi connectivity index (χ1v) is 6.25. The minimum Gasteiger partial charge on any atom is -0.383 e. The van der Waals surface area contributed by atoms with Crippen LogP contribution in [0.15, 0.2) is 30.3 Å². The zero-order valence-corrected chi connectivity index (χ0v) is 11.1. The van der Waals surface area contributed by atoms with Crippen LogP contribution in [0.25, 0.3) is 0 Å². The molecule has 100 valence electrons. The molecule has 18 heavy (non-hydrogen) atoms. The molecule has 4 heteroatoms. The summed E-state index contributed by atoms with van der Waals surface area (Å²) in [5.41, 5.74) is 1.23. The van der Waals surface area contributed by atoms with Gasteiger partial charge >= 0.3 is 0 Å². The van der Waals surface area contributed by atoms with Crippen molar-refractivity contribution in [3.63, 3.8) is 0 Å². The number of benzene rings is 1. The van der Waals surface area contributed by atoms with Crippen LogP contribution in [-0.4, -0.2) is 38.8 Å². The first-order valence-electron chi connectivity index (χ1n) is 6.25. The fourth-order valence-electron chi connectivity index (χ4n) is 1.72. The molecule has 0 fully saturated rings. The van der Waals surface area contributed by atoms with Gasteiger partial charge in [0.2, 0.25) is 5.91 Å². The molecular weight excluding hydrogens is 228 g/mol. The molecule has 0 aliphatic rings. The highest BCUT2D eigenvalue weighted by Crippen LogP contribution is 2.02. The topological polar surface area (TPSA) is 50.4 Å². The van der Waals surface area contributed by atoms with E-state index in [1.165, 1.54) is 5.56 Å². The third-order valence-corrected chi connectivity index (χ3v) is 2.56. The summed E-state index contributed by atoms with van der Waals surface area (Å²) in [4.78, 5) is 11.6. The third kappa shape index (κ3) is 6.37. The van der Waals surface area contributed by atoms with Gasteiger partial charge in [0, 0.05) is 19.7 Å². The maximum absolute atomic E-state index is 11.6. The Morgan fingerprint density at radius 3 is 2.72 bits per heavy atom. The number of ether oxygens (including phenoxy) is 1. The lowest BCUT2D eigenvalue weighted by Crippen LogP contribution is -2.40. The van der Waals surface area contributed by atoms with Crippen molar-refractivity contribution >= 4 is 5.91 Å². The molecule has 0 saturated carbocycles. The predicted molar refractivity (Wildman–Crippen MR) is 72.5 cm³/mol. The molecule has 1 unspecified atom stereocenters. The summed E-state index contributed by atoms with van der Waals surface area (Å²) in [5.74, 6) is 0.0227. The molecule has 0 radical (unpaired) electrons. The van der Waals surface area contributed by atoms with E-state index in [-0.39, 0.29) is 11.9 Å². The van der Waals surface area contributed by atoms with E-state index in [4.69, 9.17) is 4.74 Å². The fraction of sp³-hybridized carbons (Fsp3) is 0.500. The van der Waals surface area contributed by atoms with Crippen molar-refractivity contribution in [1.29, 1.82) is 0 Å². The minimum absolute atomic E-state index is 0.0227. The Labute approximate surface area is 109 Å². The second kappa shape index (κ2) is 8.66. The summed E-state index contributed by atoms with van der Waals surface area (Å²) in [6.45, 7) is 3.66. The number of rotatable bonds is 8. The Kier molecular flexibility index (Phi) is 7.06. The van der Waals surface area contributed by atoms with E-state index < -0.39 is 0 Å². The molecule has 0 heterocycles. The molecule has 2 N–H and O–H groups in total. The van der Waals surface area contributed by atoms with E-state index >= 15 is 0 Å². The lowest BCUT2D eigenvalue weighted by atomic mass is 10.1. The van der Waals surface area contributed by atoms with E-state index in [1.807, 2.05) is 25.1 Å². The van der Waals surface area contributed by atoms with Crippen LogP contribution in [0.2, 0.25) is 0 Å². The van der Waals surface area contributed by atoms with Gasteiger partial charge in [-0.3, -0.25) is 4.79 Å². The molecule has 0 saturated heterocycles. The molecule has 0 spiro atoms. The average Bonchev–Trinajstić information content (AvgIpc) is 2.35. The van der Waals surface area contributed by atoms with Gasteiger partial charge < -0.3 is 15.4 Å². The Morgan fingerprint density at radius 2 is 2.06 bits per heavy atom. The van der Waals surface area contributed by atoms with E-state index in [2.05, 4.69) is 22.8 Å². The van der Waals surface area contributed by atoms with Crippen LogP contribution in [0.3, 0.4) is 0 Å². The third-order valence-electron chi connectivity index (χ3n) is 2.56. The molecule has 4 nitrogen and oxygen atoms in total. The second-order valence-electron chi connectivity index (χ2n) is 4.33. The van der Waals surface area contributed by atoms with Gasteiger partial charge in [0.25, 0.3) is 0 Å². The smallest absolute Gasteiger partial charge is 0.234 e. The highest BCUT2D eigenvalue weighted by atomic mass is 16.5. The van der Waals surface area contributed by atoms with Gasteiger partial charge in [-0.2, -0.15) is 0 Å². The van der Waals surface area contributed by atoms with Crippen LogP contribution in [0.4, 0.5) is 0 Å². The van der Waals surface area contributed by atoms with Crippen LogP contribution in [0.5, 0.6) is 0 Å². The number of methoxy groups -OCH3 is 1. The summed E-state index contributed by atoms with van der Waals surface area (Å²) in [5, 5.41) is 5.98. The molecule has 1 amide bonds. The van der Waals surface area contributed by atoms with Crippen molar-refractivity contribution < 1.29 is 9.53 Å². The van der Waals surface area contributed by atoms with Crippen LogP contribution in [0.1, 0.15) is 12.5 Å². The predicted octanol–water partition coefficient (Wildman–Crippen LogP) is 0.970. The van der Waals surface area contributed by atoms with Crippen LogP contribution < -0.4 is 10.6 Å². The molecule has 1 aromatic carbocycles. The zero-order chi connectivity index (χ0) is 13.2. The maximum atomic E-state index is 11.6. The lowest BCUT2D eigenvalue weighted by Gasteiger charge is -2.14. The highest BCUT2D eigenvalue weighted by Gasteiger charge is 2.07. The molecule has 0 aliphatic heterocycles. The van der Waals surface area contributed by atoms with Crippen molar-refractivity contribution in [2.24, 2.45) is 0 Å². The molecule has 0 aromatic heterocycles. The van der Waals surface area contributed by atoms with Gasteiger partial charge in [-0.05, 0) is 18.9 Å². The molecule has 1 aromatic rings. The normalized spacial score (nSPS) is 12.1. The maximum Gasteiger partial charge on any atom is 0.234 e. The molecule has 0 bridgehead atoms.